The molecule has 174 valence electrons. The third kappa shape index (κ3) is 4.50. The van der Waals surface area contributed by atoms with Crippen LogP contribution in [0, 0.1) is 6.92 Å². The number of rotatable bonds is 4. The number of carbonyl (C=O) groups excluding carboxylic acids is 3. The zero-order valence-electron chi connectivity index (χ0n) is 18.6. The lowest BCUT2D eigenvalue weighted by atomic mass is 9.89. The highest BCUT2D eigenvalue weighted by molar-refractivity contribution is 6.01. The van der Waals surface area contributed by atoms with E-state index in [9.17, 15) is 14.4 Å². The highest BCUT2D eigenvalue weighted by atomic mass is 16.6. The van der Waals surface area contributed by atoms with Gasteiger partial charge >= 0.3 is 6.09 Å². The molecule has 0 radical (unpaired) electrons. The van der Waals surface area contributed by atoms with Crippen molar-refractivity contribution in [1.29, 1.82) is 0 Å². The molecule has 3 amide bonds. The molecular weight excluding hydrogens is 438 g/mol. The summed E-state index contributed by atoms with van der Waals surface area (Å²) in [5.41, 5.74) is 3.62. The van der Waals surface area contributed by atoms with Gasteiger partial charge in [0.25, 0.3) is 0 Å². The smallest absolute Gasteiger partial charge is 0.411 e. The molecule has 2 N–H and O–H groups in total. The topological polar surface area (TPSA) is 116 Å². The Labute approximate surface area is 195 Å². The van der Waals surface area contributed by atoms with Gasteiger partial charge in [0.2, 0.25) is 11.8 Å². The number of nitrogens with one attached hydrogen (secondary N) is 2. The van der Waals surface area contributed by atoms with Crippen molar-refractivity contribution in [2.45, 2.75) is 32.3 Å². The van der Waals surface area contributed by atoms with E-state index in [2.05, 4.69) is 15.6 Å². The van der Waals surface area contributed by atoms with Crippen LogP contribution >= 0.6 is 0 Å². The van der Waals surface area contributed by atoms with Gasteiger partial charge < -0.3 is 14.2 Å². The number of imide groups is 1. The van der Waals surface area contributed by atoms with Crippen molar-refractivity contribution < 1.29 is 28.6 Å². The average Bonchev–Trinajstić information content (AvgIpc) is 2.82. The second-order valence-corrected chi connectivity index (χ2v) is 8.25. The van der Waals surface area contributed by atoms with Gasteiger partial charge in [-0.1, -0.05) is 12.1 Å². The summed E-state index contributed by atoms with van der Waals surface area (Å²) in [5.74, 6) is 0.313. The van der Waals surface area contributed by atoms with Crippen LogP contribution in [0.4, 0.5) is 10.5 Å². The molecule has 1 saturated heterocycles. The lowest BCUT2D eigenvalue weighted by molar-refractivity contribution is -0.134. The van der Waals surface area contributed by atoms with Crippen LogP contribution < -0.4 is 20.1 Å². The van der Waals surface area contributed by atoms with Crippen molar-refractivity contribution in [2.24, 2.45) is 0 Å². The molecule has 0 spiro atoms. The molecule has 1 atom stereocenters. The summed E-state index contributed by atoms with van der Waals surface area (Å²) in [6, 6.07) is 12.7. The number of fused-ring (bicyclic) bond motifs is 2. The Kier molecular flexibility index (Phi) is 5.75. The maximum atomic E-state index is 12.3. The highest BCUT2D eigenvalue weighted by Crippen LogP contribution is 2.33. The predicted octanol–water partition coefficient (Wildman–Crippen LogP) is 3.58. The summed E-state index contributed by atoms with van der Waals surface area (Å²) in [6.45, 7) is 2.88. The van der Waals surface area contributed by atoms with Crippen LogP contribution in [0.25, 0.3) is 10.9 Å². The Morgan fingerprint density at radius 2 is 1.94 bits per heavy atom. The Morgan fingerprint density at radius 3 is 2.76 bits per heavy atom. The fourth-order valence-corrected chi connectivity index (χ4v) is 4.18. The van der Waals surface area contributed by atoms with Crippen molar-refractivity contribution in [1.82, 2.24) is 10.3 Å². The van der Waals surface area contributed by atoms with Crippen molar-refractivity contribution in [3.8, 4) is 11.5 Å². The Hall–Kier alpha value is -4.14. The van der Waals surface area contributed by atoms with Gasteiger partial charge in [0.05, 0.1) is 11.4 Å². The summed E-state index contributed by atoms with van der Waals surface area (Å²) in [5, 5.41) is 5.95. The van der Waals surface area contributed by atoms with E-state index in [0.29, 0.717) is 43.2 Å². The zero-order valence-corrected chi connectivity index (χ0v) is 18.6. The normalized spacial score (nSPS) is 17.3. The second-order valence-electron chi connectivity index (χ2n) is 8.25. The molecule has 2 aromatic carbocycles. The molecule has 9 heteroatoms. The third-order valence-electron chi connectivity index (χ3n) is 5.88. The van der Waals surface area contributed by atoms with E-state index in [0.717, 1.165) is 27.7 Å². The number of hydrogen-bond acceptors (Lipinski definition) is 7. The van der Waals surface area contributed by atoms with Crippen molar-refractivity contribution in [3.63, 3.8) is 0 Å². The van der Waals surface area contributed by atoms with Gasteiger partial charge in [-0.15, -0.1) is 0 Å². The molecule has 0 saturated carbocycles. The molecule has 2 aliphatic heterocycles. The Bertz CT molecular complexity index is 1310. The lowest BCUT2D eigenvalue weighted by Crippen LogP contribution is -2.39. The summed E-state index contributed by atoms with van der Waals surface area (Å²) in [7, 11) is 0. The average molecular weight is 461 g/mol. The highest BCUT2D eigenvalue weighted by Gasteiger charge is 2.29. The largest absolute Gasteiger partial charge is 0.486 e. The minimum Gasteiger partial charge on any atom is -0.486 e. The summed E-state index contributed by atoms with van der Waals surface area (Å²) >= 11 is 0. The Balaban J connectivity index is 1.25. The van der Waals surface area contributed by atoms with E-state index in [-0.39, 0.29) is 24.3 Å². The third-order valence-corrected chi connectivity index (χ3v) is 5.88. The van der Waals surface area contributed by atoms with Gasteiger partial charge in [-0.25, -0.2) is 4.79 Å². The van der Waals surface area contributed by atoms with Crippen molar-refractivity contribution in [3.05, 3.63) is 59.3 Å². The van der Waals surface area contributed by atoms with Crippen LogP contribution in [0.2, 0.25) is 0 Å². The Morgan fingerprint density at radius 1 is 1.12 bits per heavy atom. The van der Waals surface area contributed by atoms with Crippen LogP contribution in [0.1, 0.15) is 35.6 Å². The van der Waals surface area contributed by atoms with E-state index in [1.807, 2.05) is 31.2 Å². The molecular formula is C25H23N3O6. The van der Waals surface area contributed by atoms with E-state index < -0.39 is 6.09 Å². The first-order valence-electron chi connectivity index (χ1n) is 11.0. The van der Waals surface area contributed by atoms with Gasteiger partial charge in [-0.05, 0) is 48.7 Å². The molecule has 2 aliphatic rings. The number of benzene rings is 2. The van der Waals surface area contributed by atoms with E-state index in [1.54, 1.807) is 18.2 Å². The molecule has 3 heterocycles. The molecule has 1 fully saturated rings. The van der Waals surface area contributed by atoms with E-state index in [4.69, 9.17) is 14.2 Å². The molecule has 1 aromatic heterocycles. The second kappa shape index (κ2) is 9.01. The first kappa shape index (κ1) is 21.7. The van der Waals surface area contributed by atoms with Gasteiger partial charge in [-0.2, -0.15) is 0 Å². The molecule has 5 rings (SSSR count). The maximum absolute atomic E-state index is 12.3. The monoisotopic (exact) mass is 461 g/mol. The SMILES string of the molecule is Cc1nc2cc(COC(=O)Nc3ccc4c(c3)OCCO4)ccc2cc1C1CCC(=O)NC1=O. The fourth-order valence-electron chi connectivity index (χ4n) is 4.18. The fraction of sp³-hybridized carbons (Fsp3) is 0.280. The number of amides is 3. The zero-order chi connectivity index (χ0) is 23.7. The predicted molar refractivity (Wildman–Crippen MR) is 123 cm³/mol. The lowest BCUT2D eigenvalue weighted by Gasteiger charge is -2.22. The number of carbonyl (C=O) groups is 3. The number of piperidine rings is 1. The summed E-state index contributed by atoms with van der Waals surface area (Å²) in [4.78, 5) is 40.6. The number of hydrogen-bond donors (Lipinski definition) is 2. The minimum atomic E-state index is -0.589. The van der Waals surface area contributed by atoms with Crippen LogP contribution in [0.5, 0.6) is 11.5 Å². The molecule has 3 aromatic rings. The van der Waals surface area contributed by atoms with Crippen LogP contribution in [-0.2, 0) is 20.9 Å². The number of ether oxygens (including phenoxy) is 3. The summed E-state index contributed by atoms with van der Waals surface area (Å²) < 4.78 is 16.4. The molecule has 1 unspecified atom stereocenters. The standard InChI is InChI=1S/C25H23N3O6/c1-14-19(18-5-7-23(29)28-24(18)30)11-16-3-2-15(10-20(16)26-14)13-34-25(31)27-17-4-6-21-22(12-17)33-9-8-32-21/h2-4,6,10-12,18H,5,7-9,13H2,1H3,(H,27,31)(H,28,29,30). The minimum absolute atomic E-state index is 0.0714. The van der Waals surface area contributed by atoms with Crippen molar-refractivity contribution >= 4 is 34.5 Å². The van der Waals surface area contributed by atoms with Crippen molar-refractivity contribution in [2.75, 3.05) is 18.5 Å². The van der Waals surface area contributed by atoms with Crippen LogP contribution in [0.15, 0.2) is 42.5 Å². The van der Waals surface area contributed by atoms with Crippen LogP contribution in [-0.4, -0.2) is 36.1 Å². The van der Waals surface area contributed by atoms with E-state index in [1.165, 1.54) is 0 Å². The quantitative estimate of drug-likeness (QED) is 0.571. The molecule has 9 nitrogen and oxygen atoms in total. The van der Waals surface area contributed by atoms with Gasteiger partial charge in [0.15, 0.2) is 11.5 Å². The molecule has 0 bridgehead atoms. The first-order chi connectivity index (χ1) is 16.5. The number of aryl methyl sites for hydroxylation is 1. The number of aromatic nitrogens is 1. The van der Waals surface area contributed by atoms with Gasteiger partial charge in [0.1, 0.15) is 19.8 Å². The van der Waals surface area contributed by atoms with Gasteiger partial charge in [-0.3, -0.25) is 25.2 Å². The molecule has 34 heavy (non-hydrogen) atoms. The first-order valence-corrected chi connectivity index (χ1v) is 11.0. The number of pyridine rings is 1. The number of anilines is 1. The maximum Gasteiger partial charge on any atom is 0.411 e. The molecule has 0 aliphatic carbocycles. The summed E-state index contributed by atoms with van der Waals surface area (Å²) in [6.07, 6.45) is 0.204. The van der Waals surface area contributed by atoms with Gasteiger partial charge in [0, 0.05) is 29.3 Å². The van der Waals surface area contributed by atoms with Crippen LogP contribution in [0.3, 0.4) is 0 Å². The number of nitrogens with zero attached hydrogens (tertiary/aromatic N) is 1. The van der Waals surface area contributed by atoms with E-state index >= 15 is 0 Å².